The van der Waals surface area contributed by atoms with Crippen molar-refractivity contribution in [3.8, 4) is 34.0 Å². The van der Waals surface area contributed by atoms with E-state index in [2.05, 4.69) is 167 Å². The van der Waals surface area contributed by atoms with Gasteiger partial charge in [0.15, 0.2) is 0 Å². The number of hydrogen-bond acceptors (Lipinski definition) is 2. The van der Waals surface area contributed by atoms with E-state index in [0.29, 0.717) is 5.95 Å². The van der Waals surface area contributed by atoms with Gasteiger partial charge in [0.05, 0.1) is 27.8 Å². The van der Waals surface area contributed by atoms with Gasteiger partial charge in [-0.05, 0) is 41.5 Å². The predicted molar refractivity (Wildman–Crippen MR) is 182 cm³/mol. The summed E-state index contributed by atoms with van der Waals surface area (Å²) in [6.45, 7) is 0. The third-order valence-electron chi connectivity index (χ3n) is 8.58. The molecule has 0 aliphatic heterocycles. The first-order valence-corrected chi connectivity index (χ1v) is 14.9. The minimum Gasteiger partial charge on any atom is -0.315 e. The molecule has 9 aromatic rings. The van der Waals surface area contributed by atoms with Crippen molar-refractivity contribution in [3.63, 3.8) is 0 Å². The lowest BCUT2D eigenvalue weighted by molar-refractivity contribution is 1.01. The zero-order valence-corrected chi connectivity index (χ0v) is 23.8. The van der Waals surface area contributed by atoms with Crippen LogP contribution < -0.4 is 0 Å². The second-order valence-electron chi connectivity index (χ2n) is 11.1. The quantitative estimate of drug-likeness (QED) is 0.214. The second kappa shape index (κ2) is 9.79. The molecule has 3 heterocycles. The van der Waals surface area contributed by atoms with E-state index in [-0.39, 0.29) is 0 Å². The van der Waals surface area contributed by atoms with Crippen molar-refractivity contribution in [2.75, 3.05) is 0 Å². The van der Waals surface area contributed by atoms with Gasteiger partial charge in [-0.2, -0.15) is 0 Å². The van der Waals surface area contributed by atoms with Crippen molar-refractivity contribution in [3.05, 3.63) is 158 Å². The smallest absolute Gasteiger partial charge is 0.235 e. The summed E-state index contributed by atoms with van der Waals surface area (Å²) in [5.41, 5.74) is 9.63. The lowest BCUT2D eigenvalue weighted by atomic mass is 9.96. The second-order valence-corrected chi connectivity index (χ2v) is 11.1. The summed E-state index contributed by atoms with van der Waals surface area (Å²) in [5, 5.41) is 4.54. The molecule has 0 unspecified atom stereocenters. The van der Waals surface area contributed by atoms with Gasteiger partial charge in [0, 0.05) is 39.0 Å². The van der Waals surface area contributed by atoms with E-state index in [0.717, 1.165) is 55.5 Å². The van der Waals surface area contributed by atoms with Crippen LogP contribution in [0.2, 0.25) is 0 Å². The zero-order chi connectivity index (χ0) is 29.0. The molecule has 0 N–H and O–H groups in total. The van der Waals surface area contributed by atoms with Gasteiger partial charge in [-0.3, -0.25) is 4.57 Å². The van der Waals surface area contributed by atoms with E-state index >= 15 is 0 Å². The highest BCUT2D eigenvalue weighted by Gasteiger charge is 2.21. The summed E-state index contributed by atoms with van der Waals surface area (Å²) >= 11 is 0. The number of aromatic nitrogens is 4. The van der Waals surface area contributed by atoms with E-state index in [1.807, 2.05) is 0 Å². The van der Waals surface area contributed by atoms with Crippen LogP contribution in [-0.2, 0) is 0 Å². The Labute approximate surface area is 254 Å². The van der Waals surface area contributed by atoms with Crippen LogP contribution in [0.4, 0.5) is 0 Å². The van der Waals surface area contributed by atoms with E-state index < -0.39 is 0 Å². The van der Waals surface area contributed by atoms with Gasteiger partial charge in [-0.1, -0.05) is 121 Å². The van der Waals surface area contributed by atoms with Crippen LogP contribution in [0, 0.1) is 0 Å². The van der Waals surface area contributed by atoms with Crippen LogP contribution in [0.15, 0.2) is 158 Å². The number of para-hydroxylation sites is 3. The molecule has 0 amide bonds. The Morgan fingerprint density at radius 2 is 1.14 bits per heavy atom. The van der Waals surface area contributed by atoms with Crippen molar-refractivity contribution < 1.29 is 0 Å². The number of benzene rings is 6. The van der Waals surface area contributed by atoms with E-state index in [1.165, 1.54) is 16.2 Å². The van der Waals surface area contributed by atoms with E-state index in [9.17, 15) is 0 Å². The fourth-order valence-electron chi connectivity index (χ4n) is 6.61. The first-order valence-electron chi connectivity index (χ1n) is 14.9. The SMILES string of the molecule is c1ccc(-c2ccccc2-c2nc(-n3c4ccccc4c4ccc5ccn(-c6ccccc6)c5c43)nc3ccccc23)cc1. The van der Waals surface area contributed by atoms with Crippen LogP contribution in [0.3, 0.4) is 0 Å². The van der Waals surface area contributed by atoms with Crippen molar-refractivity contribution in [1.82, 2.24) is 19.1 Å². The summed E-state index contributed by atoms with van der Waals surface area (Å²) in [4.78, 5) is 10.7. The number of fused-ring (bicyclic) bond motifs is 6. The molecule has 0 spiro atoms. The maximum absolute atomic E-state index is 5.44. The lowest BCUT2D eigenvalue weighted by Crippen LogP contribution is -2.05. The first kappa shape index (κ1) is 24.6. The van der Waals surface area contributed by atoms with Crippen molar-refractivity contribution in [2.24, 2.45) is 0 Å². The Balaban J connectivity index is 1.42. The molecular weight excluding hydrogens is 536 g/mol. The summed E-state index contributed by atoms with van der Waals surface area (Å²) in [6.07, 6.45) is 2.16. The van der Waals surface area contributed by atoms with Crippen LogP contribution >= 0.6 is 0 Å². The molecule has 44 heavy (non-hydrogen) atoms. The molecule has 0 saturated carbocycles. The van der Waals surface area contributed by atoms with Gasteiger partial charge in [0.25, 0.3) is 0 Å². The summed E-state index contributed by atoms with van der Waals surface area (Å²) in [5.74, 6) is 0.654. The molecule has 0 aliphatic carbocycles. The zero-order valence-electron chi connectivity index (χ0n) is 23.8. The monoisotopic (exact) mass is 562 g/mol. The van der Waals surface area contributed by atoms with Gasteiger partial charge in [-0.15, -0.1) is 0 Å². The third-order valence-corrected chi connectivity index (χ3v) is 8.58. The molecule has 6 aromatic carbocycles. The van der Waals surface area contributed by atoms with Crippen LogP contribution in [0.25, 0.3) is 77.6 Å². The number of rotatable bonds is 4. The molecule has 0 radical (unpaired) electrons. The van der Waals surface area contributed by atoms with Gasteiger partial charge < -0.3 is 4.57 Å². The standard InChI is InChI=1S/C40H26N4/c1-3-13-27(14-4-1)30-17-7-8-19-32(30)37-34-20-9-11-21-35(34)41-40(42-37)44-36-22-12-10-18-31(36)33-24-23-28-25-26-43(38(28)39(33)44)29-15-5-2-6-16-29/h1-26H. The van der Waals surface area contributed by atoms with Crippen molar-refractivity contribution >= 4 is 43.6 Å². The largest absolute Gasteiger partial charge is 0.315 e. The van der Waals surface area contributed by atoms with Crippen LogP contribution in [0.1, 0.15) is 0 Å². The Hall–Kier alpha value is -6.00. The predicted octanol–water partition coefficient (Wildman–Crippen LogP) is 10.0. The van der Waals surface area contributed by atoms with Gasteiger partial charge in [0.2, 0.25) is 5.95 Å². The maximum Gasteiger partial charge on any atom is 0.235 e. The normalized spacial score (nSPS) is 11.6. The Morgan fingerprint density at radius 3 is 1.98 bits per heavy atom. The van der Waals surface area contributed by atoms with Gasteiger partial charge in [0.1, 0.15) is 0 Å². The summed E-state index contributed by atoms with van der Waals surface area (Å²) in [7, 11) is 0. The number of nitrogens with zero attached hydrogens (tertiary/aromatic N) is 4. The molecule has 0 aliphatic rings. The van der Waals surface area contributed by atoms with E-state index in [4.69, 9.17) is 9.97 Å². The Bertz CT molecular complexity index is 2490. The Morgan fingerprint density at radius 1 is 0.455 bits per heavy atom. The van der Waals surface area contributed by atoms with Gasteiger partial charge in [-0.25, -0.2) is 9.97 Å². The number of hydrogen-bond donors (Lipinski definition) is 0. The fraction of sp³-hybridized carbons (Fsp3) is 0. The highest BCUT2D eigenvalue weighted by molar-refractivity contribution is 6.18. The van der Waals surface area contributed by atoms with Crippen molar-refractivity contribution in [2.45, 2.75) is 0 Å². The minimum absolute atomic E-state index is 0.654. The van der Waals surface area contributed by atoms with E-state index in [1.54, 1.807) is 0 Å². The molecule has 3 aromatic heterocycles. The van der Waals surface area contributed by atoms with Crippen LogP contribution in [0.5, 0.6) is 0 Å². The maximum atomic E-state index is 5.44. The fourth-order valence-corrected chi connectivity index (χ4v) is 6.61. The summed E-state index contributed by atoms with van der Waals surface area (Å²) < 4.78 is 4.53. The molecular formula is C40H26N4. The molecule has 9 rings (SSSR count). The highest BCUT2D eigenvalue weighted by atomic mass is 15.2. The molecule has 0 saturated heterocycles. The van der Waals surface area contributed by atoms with Crippen molar-refractivity contribution in [1.29, 1.82) is 0 Å². The molecule has 206 valence electrons. The Kier molecular flexibility index (Phi) is 5.47. The highest BCUT2D eigenvalue weighted by Crippen LogP contribution is 2.39. The summed E-state index contributed by atoms with van der Waals surface area (Å²) in [6, 6.07) is 53.1. The topological polar surface area (TPSA) is 35.6 Å². The molecule has 0 bridgehead atoms. The third kappa shape index (κ3) is 3.71. The minimum atomic E-state index is 0.654. The molecule has 4 nitrogen and oxygen atoms in total. The molecule has 0 fully saturated rings. The first-order chi connectivity index (χ1) is 21.8. The average molecular weight is 563 g/mol. The lowest BCUT2D eigenvalue weighted by Gasteiger charge is -2.15. The molecule has 0 atom stereocenters. The average Bonchev–Trinajstić information content (AvgIpc) is 3.68. The van der Waals surface area contributed by atoms with Crippen LogP contribution in [-0.4, -0.2) is 19.1 Å². The molecule has 4 heteroatoms. The van der Waals surface area contributed by atoms with Gasteiger partial charge >= 0.3 is 0 Å².